The van der Waals surface area contributed by atoms with Gasteiger partial charge in [0.05, 0.1) is 11.4 Å². The monoisotopic (exact) mass is 227 g/mol. The normalized spacial score (nSPS) is 21.2. The lowest BCUT2D eigenvalue weighted by molar-refractivity contribution is 0.00552. The first-order chi connectivity index (χ1) is 7.47. The minimum Gasteiger partial charge on any atom is -0.389 e. The van der Waals surface area contributed by atoms with E-state index in [4.69, 9.17) is 11.1 Å². The molecule has 1 rings (SSSR count). The quantitative estimate of drug-likeness (QED) is 0.473. The number of rotatable bonds is 6. The van der Waals surface area contributed by atoms with Crippen LogP contribution < -0.4 is 5.73 Å². The highest BCUT2D eigenvalue weighted by molar-refractivity contribution is 5.77. The summed E-state index contributed by atoms with van der Waals surface area (Å²) in [6.45, 7) is 2.81. The van der Waals surface area contributed by atoms with E-state index in [0.717, 1.165) is 32.1 Å². The van der Waals surface area contributed by atoms with E-state index in [2.05, 4.69) is 11.8 Å². The largest absolute Gasteiger partial charge is 0.389 e. The van der Waals surface area contributed by atoms with Gasteiger partial charge in [-0.05, 0) is 26.3 Å². The summed E-state index contributed by atoms with van der Waals surface area (Å²) in [7, 11) is 2.02. The van der Waals surface area contributed by atoms with Crippen molar-refractivity contribution in [3.05, 3.63) is 0 Å². The molecule has 0 bridgehead atoms. The first-order valence-electron chi connectivity index (χ1n) is 6.22. The topological polar surface area (TPSA) is 73.3 Å². The van der Waals surface area contributed by atoms with Gasteiger partial charge < -0.3 is 15.7 Å². The van der Waals surface area contributed by atoms with E-state index in [9.17, 15) is 5.11 Å². The Morgan fingerprint density at radius 3 is 2.50 bits per heavy atom. The maximum atomic E-state index is 10.3. The van der Waals surface area contributed by atoms with Crippen LogP contribution in [0.4, 0.5) is 0 Å². The van der Waals surface area contributed by atoms with Gasteiger partial charge in [0.15, 0.2) is 0 Å². The SMILES string of the molecule is CCC(CC(=N)N)N(C)CC1(O)CCCC1. The summed E-state index contributed by atoms with van der Waals surface area (Å²) in [6.07, 6.45) is 5.65. The molecule has 0 spiro atoms. The van der Waals surface area contributed by atoms with Crippen molar-refractivity contribution < 1.29 is 5.11 Å². The van der Waals surface area contributed by atoms with Crippen LogP contribution in [0.25, 0.3) is 0 Å². The Balaban J connectivity index is 2.48. The van der Waals surface area contributed by atoms with Crippen molar-refractivity contribution >= 4 is 5.84 Å². The molecule has 0 aromatic carbocycles. The van der Waals surface area contributed by atoms with E-state index >= 15 is 0 Å². The van der Waals surface area contributed by atoms with Crippen molar-refractivity contribution in [3.8, 4) is 0 Å². The molecule has 0 aliphatic heterocycles. The van der Waals surface area contributed by atoms with Gasteiger partial charge in [0.25, 0.3) is 0 Å². The molecule has 1 atom stereocenters. The first kappa shape index (κ1) is 13.5. The third-order valence-electron chi connectivity index (χ3n) is 3.63. The molecule has 16 heavy (non-hydrogen) atoms. The maximum absolute atomic E-state index is 10.3. The summed E-state index contributed by atoms with van der Waals surface area (Å²) in [6, 6.07) is 0.280. The van der Waals surface area contributed by atoms with Crippen LogP contribution in [-0.4, -0.2) is 41.1 Å². The minimum atomic E-state index is -0.501. The highest BCUT2D eigenvalue weighted by Gasteiger charge is 2.33. The van der Waals surface area contributed by atoms with E-state index in [1.807, 2.05) is 7.05 Å². The standard InChI is InChI=1S/C12H25N3O/c1-3-10(8-11(13)14)15(2)9-12(16)6-4-5-7-12/h10,16H,3-9H2,1-2H3,(H3,13,14). The van der Waals surface area contributed by atoms with Gasteiger partial charge in [0.2, 0.25) is 0 Å². The van der Waals surface area contributed by atoms with E-state index in [-0.39, 0.29) is 11.9 Å². The summed E-state index contributed by atoms with van der Waals surface area (Å²) < 4.78 is 0. The zero-order valence-electron chi connectivity index (χ0n) is 10.5. The van der Waals surface area contributed by atoms with E-state index < -0.39 is 5.60 Å². The molecule has 94 valence electrons. The van der Waals surface area contributed by atoms with Crippen LogP contribution >= 0.6 is 0 Å². The first-order valence-corrected chi connectivity index (χ1v) is 6.22. The number of amidine groups is 1. The molecule has 1 saturated carbocycles. The Morgan fingerprint density at radius 2 is 2.06 bits per heavy atom. The number of nitrogens with one attached hydrogen (secondary N) is 1. The van der Waals surface area contributed by atoms with Crippen LogP contribution in [0.1, 0.15) is 45.4 Å². The average Bonchev–Trinajstić information content (AvgIpc) is 2.60. The molecule has 0 radical (unpaired) electrons. The zero-order chi connectivity index (χ0) is 12.2. The summed E-state index contributed by atoms with van der Waals surface area (Å²) in [5, 5.41) is 17.7. The molecular weight excluding hydrogens is 202 g/mol. The van der Waals surface area contributed by atoms with Crippen LogP contribution in [-0.2, 0) is 0 Å². The second-order valence-corrected chi connectivity index (χ2v) is 5.14. The zero-order valence-corrected chi connectivity index (χ0v) is 10.5. The van der Waals surface area contributed by atoms with Gasteiger partial charge in [-0.2, -0.15) is 0 Å². The summed E-state index contributed by atoms with van der Waals surface area (Å²) in [5.74, 6) is 0.233. The van der Waals surface area contributed by atoms with Gasteiger partial charge in [0, 0.05) is 19.0 Å². The number of aliphatic hydroxyl groups is 1. The number of nitrogens with two attached hydrogens (primary N) is 1. The summed E-state index contributed by atoms with van der Waals surface area (Å²) in [4.78, 5) is 2.16. The third-order valence-corrected chi connectivity index (χ3v) is 3.63. The second kappa shape index (κ2) is 5.64. The van der Waals surface area contributed by atoms with Crippen LogP contribution in [0.3, 0.4) is 0 Å². The molecule has 0 heterocycles. The number of hydrogen-bond donors (Lipinski definition) is 3. The average molecular weight is 227 g/mol. The highest BCUT2D eigenvalue weighted by Crippen LogP contribution is 2.30. The van der Waals surface area contributed by atoms with Crippen molar-refractivity contribution in [1.82, 2.24) is 4.90 Å². The van der Waals surface area contributed by atoms with Crippen molar-refractivity contribution in [2.75, 3.05) is 13.6 Å². The fourth-order valence-electron chi connectivity index (χ4n) is 2.65. The highest BCUT2D eigenvalue weighted by atomic mass is 16.3. The predicted octanol–water partition coefficient (Wildman–Crippen LogP) is 1.33. The molecule has 0 aromatic heterocycles. The van der Waals surface area contributed by atoms with Gasteiger partial charge in [-0.3, -0.25) is 5.41 Å². The Labute approximate surface area is 98.3 Å². The van der Waals surface area contributed by atoms with E-state index in [0.29, 0.717) is 13.0 Å². The lowest BCUT2D eigenvalue weighted by Crippen LogP contribution is -2.45. The van der Waals surface area contributed by atoms with Crippen molar-refractivity contribution in [2.45, 2.75) is 57.1 Å². The Hall–Kier alpha value is -0.610. The number of hydrogen-bond acceptors (Lipinski definition) is 3. The third kappa shape index (κ3) is 3.76. The molecule has 4 nitrogen and oxygen atoms in total. The van der Waals surface area contributed by atoms with Crippen LogP contribution in [0.2, 0.25) is 0 Å². The van der Waals surface area contributed by atoms with E-state index in [1.165, 1.54) is 0 Å². The van der Waals surface area contributed by atoms with Gasteiger partial charge in [-0.25, -0.2) is 0 Å². The summed E-state index contributed by atoms with van der Waals surface area (Å²) >= 11 is 0. The molecular formula is C12H25N3O. The molecule has 0 amide bonds. The van der Waals surface area contributed by atoms with E-state index in [1.54, 1.807) is 0 Å². The van der Waals surface area contributed by atoms with Gasteiger partial charge in [-0.15, -0.1) is 0 Å². The molecule has 0 saturated heterocycles. The molecule has 0 aromatic rings. The lowest BCUT2D eigenvalue weighted by atomic mass is 10.00. The van der Waals surface area contributed by atoms with Gasteiger partial charge in [-0.1, -0.05) is 19.8 Å². The Kier molecular flexibility index (Phi) is 4.74. The lowest BCUT2D eigenvalue weighted by Gasteiger charge is -2.33. The fourth-order valence-corrected chi connectivity index (χ4v) is 2.65. The van der Waals surface area contributed by atoms with Crippen molar-refractivity contribution in [1.29, 1.82) is 5.41 Å². The molecule has 4 N–H and O–H groups in total. The Bertz CT molecular complexity index is 236. The Morgan fingerprint density at radius 1 is 1.50 bits per heavy atom. The minimum absolute atomic E-state index is 0.233. The number of nitrogens with zero attached hydrogens (tertiary/aromatic N) is 1. The van der Waals surface area contributed by atoms with Crippen molar-refractivity contribution in [3.63, 3.8) is 0 Å². The second-order valence-electron chi connectivity index (χ2n) is 5.14. The molecule has 1 fully saturated rings. The number of likely N-dealkylation sites (N-methyl/N-ethyl adjacent to an activating group) is 1. The van der Waals surface area contributed by atoms with Crippen molar-refractivity contribution in [2.24, 2.45) is 5.73 Å². The summed E-state index contributed by atoms with van der Waals surface area (Å²) in [5.41, 5.74) is 4.94. The smallest absolute Gasteiger partial charge is 0.0921 e. The van der Waals surface area contributed by atoms with Crippen LogP contribution in [0, 0.1) is 5.41 Å². The molecule has 4 heteroatoms. The maximum Gasteiger partial charge on any atom is 0.0921 e. The molecule has 1 unspecified atom stereocenters. The van der Waals surface area contributed by atoms with Gasteiger partial charge in [0.1, 0.15) is 0 Å². The van der Waals surface area contributed by atoms with Crippen LogP contribution in [0.5, 0.6) is 0 Å². The molecule has 1 aliphatic carbocycles. The van der Waals surface area contributed by atoms with Crippen LogP contribution in [0.15, 0.2) is 0 Å². The van der Waals surface area contributed by atoms with Gasteiger partial charge >= 0.3 is 0 Å². The predicted molar refractivity (Wildman–Crippen MR) is 66.7 cm³/mol. The molecule has 1 aliphatic rings. The fraction of sp³-hybridized carbons (Fsp3) is 0.917.